The van der Waals surface area contributed by atoms with Crippen molar-refractivity contribution in [1.82, 2.24) is 4.57 Å². The quantitative estimate of drug-likeness (QED) is 0.505. The van der Waals surface area contributed by atoms with Crippen LogP contribution in [0.1, 0.15) is 28.8 Å². The van der Waals surface area contributed by atoms with Crippen LogP contribution in [0.3, 0.4) is 0 Å². The Kier molecular flexibility index (Phi) is 7.91. The van der Waals surface area contributed by atoms with Crippen LogP contribution in [-0.2, 0) is 24.4 Å². The highest BCUT2D eigenvalue weighted by Gasteiger charge is 2.14. The van der Waals surface area contributed by atoms with E-state index in [1.165, 1.54) is 27.3 Å². The molecule has 0 bridgehead atoms. The van der Waals surface area contributed by atoms with Crippen molar-refractivity contribution in [2.45, 2.75) is 33.0 Å². The molecule has 1 aromatic heterocycles. The monoisotopic (exact) mass is 393 g/mol. The number of nitrogens with one attached hydrogen (secondary N) is 1. The Morgan fingerprint density at radius 3 is 2.59 bits per heavy atom. The standard InChI is InChI=1S/C25H32N2O2/c1-21-9-4-5-11-23(21)19-27-15-7-12-24(27)20-26(14-8-16-28-2)18-22-10-6-13-25(17-22)29-3/h4-7,9-13,15,17H,8,14,16,18-20H2,1-3H3/p+1. The average Bonchev–Trinajstić information content (AvgIpc) is 3.16. The first-order valence-electron chi connectivity index (χ1n) is 10.3. The second-order valence-electron chi connectivity index (χ2n) is 7.61. The van der Waals surface area contributed by atoms with Crippen molar-refractivity contribution in [3.8, 4) is 5.75 Å². The van der Waals surface area contributed by atoms with Crippen LogP contribution in [0.5, 0.6) is 5.75 Å². The molecule has 0 radical (unpaired) electrons. The number of quaternary nitrogens is 1. The van der Waals surface area contributed by atoms with E-state index in [1.54, 1.807) is 14.2 Å². The predicted octanol–water partition coefficient (Wildman–Crippen LogP) is 3.48. The SMILES string of the molecule is COCCC[NH+](Cc1cccc(OC)c1)Cc1cccn1Cc1ccccc1C. The van der Waals surface area contributed by atoms with Crippen molar-refractivity contribution in [3.63, 3.8) is 0 Å². The molecule has 0 saturated carbocycles. The lowest BCUT2D eigenvalue weighted by molar-refractivity contribution is -0.928. The van der Waals surface area contributed by atoms with Gasteiger partial charge in [0.1, 0.15) is 18.8 Å². The Bertz CT molecular complexity index is 888. The first-order valence-corrected chi connectivity index (χ1v) is 10.3. The lowest BCUT2D eigenvalue weighted by atomic mass is 10.1. The zero-order chi connectivity index (χ0) is 20.5. The predicted molar refractivity (Wildman–Crippen MR) is 117 cm³/mol. The van der Waals surface area contributed by atoms with Crippen LogP contribution in [0.15, 0.2) is 66.9 Å². The topological polar surface area (TPSA) is 27.8 Å². The molecule has 0 aliphatic heterocycles. The maximum absolute atomic E-state index is 5.40. The van der Waals surface area contributed by atoms with Gasteiger partial charge in [0.25, 0.3) is 0 Å². The van der Waals surface area contributed by atoms with Crippen LogP contribution < -0.4 is 9.64 Å². The molecule has 154 valence electrons. The number of aromatic nitrogens is 1. The van der Waals surface area contributed by atoms with E-state index >= 15 is 0 Å². The molecule has 29 heavy (non-hydrogen) atoms. The number of ether oxygens (including phenoxy) is 2. The van der Waals surface area contributed by atoms with Gasteiger partial charge in [-0.15, -0.1) is 0 Å². The van der Waals surface area contributed by atoms with Crippen LogP contribution in [0.25, 0.3) is 0 Å². The number of nitrogens with zero attached hydrogens (tertiary/aromatic N) is 1. The molecule has 1 atom stereocenters. The highest BCUT2D eigenvalue weighted by atomic mass is 16.5. The number of rotatable bonds is 11. The highest BCUT2D eigenvalue weighted by Crippen LogP contribution is 2.13. The summed E-state index contributed by atoms with van der Waals surface area (Å²) >= 11 is 0. The van der Waals surface area contributed by atoms with E-state index in [9.17, 15) is 0 Å². The van der Waals surface area contributed by atoms with Crippen molar-refractivity contribution in [2.24, 2.45) is 0 Å². The van der Waals surface area contributed by atoms with Gasteiger partial charge >= 0.3 is 0 Å². The number of methoxy groups -OCH3 is 2. The third-order valence-corrected chi connectivity index (χ3v) is 5.42. The van der Waals surface area contributed by atoms with E-state index < -0.39 is 0 Å². The van der Waals surface area contributed by atoms with Gasteiger partial charge in [-0.3, -0.25) is 0 Å². The van der Waals surface area contributed by atoms with E-state index in [0.29, 0.717) is 0 Å². The molecule has 0 aliphatic rings. The largest absolute Gasteiger partial charge is 0.497 e. The molecule has 0 aliphatic carbocycles. The Labute approximate surface area is 174 Å². The lowest BCUT2D eigenvalue weighted by Gasteiger charge is -2.21. The Hall–Kier alpha value is -2.56. The molecule has 0 fully saturated rings. The van der Waals surface area contributed by atoms with Gasteiger partial charge in [0.2, 0.25) is 0 Å². The summed E-state index contributed by atoms with van der Waals surface area (Å²) in [5.74, 6) is 0.918. The van der Waals surface area contributed by atoms with Crippen molar-refractivity contribution in [3.05, 3.63) is 89.2 Å². The van der Waals surface area contributed by atoms with Gasteiger partial charge in [0.15, 0.2) is 0 Å². The van der Waals surface area contributed by atoms with Gasteiger partial charge in [-0.05, 0) is 42.3 Å². The fourth-order valence-electron chi connectivity index (χ4n) is 3.77. The molecule has 4 nitrogen and oxygen atoms in total. The molecule has 4 heteroatoms. The lowest BCUT2D eigenvalue weighted by Crippen LogP contribution is -3.09. The molecule has 3 aromatic rings. The first kappa shape index (κ1) is 21.2. The first-order chi connectivity index (χ1) is 14.2. The summed E-state index contributed by atoms with van der Waals surface area (Å²) in [4.78, 5) is 1.53. The summed E-state index contributed by atoms with van der Waals surface area (Å²) in [6.07, 6.45) is 3.24. The molecular weight excluding hydrogens is 360 g/mol. The summed E-state index contributed by atoms with van der Waals surface area (Å²) in [7, 11) is 3.50. The molecule has 3 rings (SSSR count). The van der Waals surface area contributed by atoms with Gasteiger partial charge < -0.3 is 18.9 Å². The summed E-state index contributed by atoms with van der Waals surface area (Å²) in [5.41, 5.74) is 5.38. The Balaban J connectivity index is 1.73. The van der Waals surface area contributed by atoms with Crippen LogP contribution >= 0.6 is 0 Å². The molecule has 1 unspecified atom stereocenters. The van der Waals surface area contributed by atoms with Crippen LogP contribution in [0.2, 0.25) is 0 Å². The molecule has 2 aromatic carbocycles. The van der Waals surface area contributed by atoms with Crippen molar-refractivity contribution >= 4 is 0 Å². The smallest absolute Gasteiger partial charge is 0.119 e. The molecule has 1 heterocycles. The Morgan fingerprint density at radius 1 is 0.931 bits per heavy atom. The van der Waals surface area contributed by atoms with Crippen molar-refractivity contribution in [2.75, 3.05) is 27.4 Å². The third-order valence-electron chi connectivity index (χ3n) is 5.42. The maximum atomic E-state index is 5.40. The van der Waals surface area contributed by atoms with E-state index in [-0.39, 0.29) is 0 Å². The van der Waals surface area contributed by atoms with Crippen LogP contribution in [-0.4, -0.2) is 31.9 Å². The summed E-state index contributed by atoms with van der Waals surface area (Å²) < 4.78 is 13.1. The van der Waals surface area contributed by atoms with Crippen molar-refractivity contribution in [1.29, 1.82) is 0 Å². The highest BCUT2D eigenvalue weighted by molar-refractivity contribution is 5.28. The van der Waals surface area contributed by atoms with Gasteiger partial charge in [-0.2, -0.15) is 0 Å². The van der Waals surface area contributed by atoms with Crippen molar-refractivity contribution < 1.29 is 14.4 Å². The molecular formula is C25H33N2O2+. The summed E-state index contributed by atoms with van der Waals surface area (Å²) in [6, 6.07) is 21.4. The zero-order valence-electron chi connectivity index (χ0n) is 17.9. The minimum atomic E-state index is 0.797. The van der Waals surface area contributed by atoms with E-state index in [1.807, 2.05) is 6.07 Å². The minimum Gasteiger partial charge on any atom is -0.497 e. The Morgan fingerprint density at radius 2 is 1.79 bits per heavy atom. The number of hydrogen-bond acceptors (Lipinski definition) is 2. The van der Waals surface area contributed by atoms with Gasteiger partial charge in [-0.25, -0.2) is 0 Å². The van der Waals surface area contributed by atoms with E-state index in [0.717, 1.165) is 45.0 Å². The van der Waals surface area contributed by atoms with E-state index in [2.05, 4.69) is 72.3 Å². The van der Waals surface area contributed by atoms with Crippen LogP contribution in [0.4, 0.5) is 0 Å². The van der Waals surface area contributed by atoms with Gasteiger partial charge in [0, 0.05) is 31.8 Å². The van der Waals surface area contributed by atoms with Crippen LogP contribution in [0, 0.1) is 6.92 Å². The summed E-state index contributed by atoms with van der Waals surface area (Å²) in [5, 5.41) is 0. The van der Waals surface area contributed by atoms with Gasteiger partial charge in [0.05, 0.1) is 26.0 Å². The second kappa shape index (κ2) is 10.8. The average molecular weight is 394 g/mol. The zero-order valence-corrected chi connectivity index (χ0v) is 17.9. The number of hydrogen-bond donors (Lipinski definition) is 1. The molecule has 0 amide bonds. The van der Waals surface area contributed by atoms with E-state index in [4.69, 9.17) is 9.47 Å². The summed E-state index contributed by atoms with van der Waals surface area (Å²) in [6.45, 7) is 6.92. The third kappa shape index (κ3) is 6.21. The molecule has 1 N–H and O–H groups in total. The fourth-order valence-corrected chi connectivity index (χ4v) is 3.77. The number of aryl methyl sites for hydroxylation is 1. The van der Waals surface area contributed by atoms with Gasteiger partial charge in [-0.1, -0.05) is 36.4 Å². The number of benzene rings is 2. The minimum absolute atomic E-state index is 0.797. The molecule has 0 spiro atoms. The fraction of sp³-hybridized carbons (Fsp3) is 0.360. The second-order valence-corrected chi connectivity index (χ2v) is 7.61. The maximum Gasteiger partial charge on any atom is 0.119 e. The normalized spacial score (nSPS) is 12.1. The molecule has 0 saturated heterocycles.